The molecule has 0 aliphatic heterocycles. The summed E-state index contributed by atoms with van der Waals surface area (Å²) in [6.07, 6.45) is 10.3. The second-order valence-electron chi connectivity index (χ2n) is 6.51. The lowest BCUT2D eigenvalue weighted by Gasteiger charge is -2.41. The molecule has 2 aromatic rings. The second-order valence-corrected chi connectivity index (χ2v) is 6.51. The van der Waals surface area contributed by atoms with Crippen molar-refractivity contribution in [2.45, 2.75) is 39.0 Å². The van der Waals surface area contributed by atoms with Crippen molar-refractivity contribution in [2.24, 2.45) is 10.4 Å². The quantitative estimate of drug-likeness (QED) is 0.411. The van der Waals surface area contributed by atoms with E-state index in [4.69, 9.17) is 0 Å². The monoisotopic (exact) mass is 441 g/mol. The minimum absolute atomic E-state index is 0. The molecule has 0 saturated heterocycles. The predicted octanol–water partition coefficient (Wildman–Crippen LogP) is 3.24. The van der Waals surface area contributed by atoms with E-state index in [1.165, 1.54) is 25.7 Å². The van der Waals surface area contributed by atoms with Crippen molar-refractivity contribution in [3.05, 3.63) is 36.3 Å². The van der Waals surface area contributed by atoms with Crippen molar-refractivity contribution < 1.29 is 0 Å². The number of guanidine groups is 1. The number of nitrogens with zero attached hydrogens (tertiary/aromatic N) is 3. The van der Waals surface area contributed by atoms with Crippen molar-refractivity contribution in [3.8, 4) is 0 Å². The molecule has 0 radical (unpaired) electrons. The Labute approximate surface area is 161 Å². The second kappa shape index (κ2) is 8.69. The maximum absolute atomic E-state index is 4.62. The molecule has 2 aromatic heterocycles. The van der Waals surface area contributed by atoms with Gasteiger partial charge in [-0.25, -0.2) is 4.98 Å². The SMILES string of the molecule is CCC1(CNC(=NC)NCCc2cn3ccccc3n2)CCC1.I. The fourth-order valence-electron chi connectivity index (χ4n) is 3.24. The van der Waals surface area contributed by atoms with Gasteiger partial charge in [-0.3, -0.25) is 4.99 Å². The molecule has 132 valence electrons. The van der Waals surface area contributed by atoms with Gasteiger partial charge in [0.1, 0.15) is 5.65 Å². The number of pyridine rings is 1. The smallest absolute Gasteiger partial charge is 0.191 e. The number of imidazole rings is 1. The van der Waals surface area contributed by atoms with Crippen molar-refractivity contribution in [1.29, 1.82) is 0 Å². The lowest BCUT2D eigenvalue weighted by molar-refractivity contribution is 0.131. The molecule has 1 fully saturated rings. The van der Waals surface area contributed by atoms with Crippen LogP contribution in [0.4, 0.5) is 0 Å². The molecule has 0 amide bonds. The zero-order valence-corrected chi connectivity index (χ0v) is 16.9. The van der Waals surface area contributed by atoms with Gasteiger partial charge in [-0.05, 0) is 36.8 Å². The first kappa shape index (κ1) is 19.0. The van der Waals surface area contributed by atoms with Crippen LogP contribution in [-0.2, 0) is 6.42 Å². The van der Waals surface area contributed by atoms with Crippen LogP contribution >= 0.6 is 24.0 Å². The van der Waals surface area contributed by atoms with Crippen molar-refractivity contribution >= 4 is 35.6 Å². The molecular weight excluding hydrogens is 413 g/mol. The predicted molar refractivity (Wildman–Crippen MR) is 110 cm³/mol. The molecule has 1 aliphatic rings. The largest absolute Gasteiger partial charge is 0.356 e. The van der Waals surface area contributed by atoms with Crippen molar-refractivity contribution in [1.82, 2.24) is 20.0 Å². The molecule has 0 spiro atoms. The molecule has 2 N–H and O–H groups in total. The summed E-state index contributed by atoms with van der Waals surface area (Å²) in [5.41, 5.74) is 2.60. The molecule has 2 heterocycles. The maximum atomic E-state index is 4.62. The van der Waals surface area contributed by atoms with Crippen LogP contribution in [0.2, 0.25) is 0 Å². The average Bonchev–Trinajstić information content (AvgIpc) is 2.95. The molecule has 5 nitrogen and oxygen atoms in total. The van der Waals surface area contributed by atoms with Gasteiger partial charge in [0.25, 0.3) is 0 Å². The van der Waals surface area contributed by atoms with Gasteiger partial charge in [0, 0.05) is 39.0 Å². The van der Waals surface area contributed by atoms with Crippen LogP contribution in [0, 0.1) is 5.41 Å². The van der Waals surface area contributed by atoms with Gasteiger partial charge in [-0.2, -0.15) is 0 Å². The highest BCUT2D eigenvalue weighted by molar-refractivity contribution is 14.0. The first-order valence-corrected chi connectivity index (χ1v) is 8.62. The number of hydrogen-bond acceptors (Lipinski definition) is 2. The van der Waals surface area contributed by atoms with Gasteiger partial charge in [0.2, 0.25) is 0 Å². The average molecular weight is 441 g/mol. The number of rotatable bonds is 6. The third-order valence-electron chi connectivity index (χ3n) is 5.11. The van der Waals surface area contributed by atoms with E-state index in [0.29, 0.717) is 5.41 Å². The van der Waals surface area contributed by atoms with E-state index in [-0.39, 0.29) is 24.0 Å². The van der Waals surface area contributed by atoms with Crippen LogP contribution < -0.4 is 10.6 Å². The molecule has 24 heavy (non-hydrogen) atoms. The van der Waals surface area contributed by atoms with Crippen LogP contribution in [0.5, 0.6) is 0 Å². The summed E-state index contributed by atoms with van der Waals surface area (Å²) in [5.74, 6) is 0.897. The van der Waals surface area contributed by atoms with E-state index in [1.807, 2.05) is 31.4 Å². The van der Waals surface area contributed by atoms with Crippen LogP contribution in [0.3, 0.4) is 0 Å². The summed E-state index contributed by atoms with van der Waals surface area (Å²) < 4.78 is 2.06. The van der Waals surface area contributed by atoms with Crippen LogP contribution in [0.15, 0.2) is 35.6 Å². The number of hydrogen-bond donors (Lipinski definition) is 2. The third-order valence-corrected chi connectivity index (χ3v) is 5.11. The standard InChI is InChI=1S/C18H27N5.HI/c1-3-18(9-6-10-18)14-21-17(19-2)20-11-8-15-13-23-12-5-4-7-16(23)22-15;/h4-5,7,12-13H,3,6,8-11,14H2,1-2H3,(H2,19,20,21);1H. The summed E-state index contributed by atoms with van der Waals surface area (Å²) in [7, 11) is 1.83. The lowest BCUT2D eigenvalue weighted by atomic mass is 9.67. The molecule has 6 heteroatoms. The Hall–Kier alpha value is -1.31. The topological polar surface area (TPSA) is 53.7 Å². The first-order chi connectivity index (χ1) is 11.2. The Morgan fingerprint density at radius 2 is 2.17 bits per heavy atom. The van der Waals surface area contributed by atoms with Gasteiger partial charge < -0.3 is 15.0 Å². The molecule has 0 aromatic carbocycles. The lowest BCUT2D eigenvalue weighted by Crippen LogP contribution is -2.46. The van der Waals surface area contributed by atoms with E-state index >= 15 is 0 Å². The zero-order valence-electron chi connectivity index (χ0n) is 14.6. The summed E-state index contributed by atoms with van der Waals surface area (Å²) in [6, 6.07) is 6.06. The van der Waals surface area contributed by atoms with Gasteiger partial charge >= 0.3 is 0 Å². The Bertz CT molecular complexity index is 636. The maximum Gasteiger partial charge on any atom is 0.191 e. The third kappa shape index (κ3) is 4.40. The Morgan fingerprint density at radius 3 is 2.79 bits per heavy atom. The number of aromatic nitrogens is 2. The van der Waals surface area contributed by atoms with Crippen LogP contribution in [0.1, 0.15) is 38.3 Å². The molecule has 1 aliphatic carbocycles. The number of aliphatic imine (C=N–C) groups is 1. The summed E-state index contributed by atoms with van der Waals surface area (Å²) in [6.45, 7) is 4.15. The fraction of sp³-hybridized carbons (Fsp3) is 0.556. The van der Waals surface area contributed by atoms with E-state index in [1.54, 1.807) is 0 Å². The highest BCUT2D eigenvalue weighted by Gasteiger charge is 2.34. The fourth-order valence-corrected chi connectivity index (χ4v) is 3.24. The minimum atomic E-state index is 0. The van der Waals surface area contributed by atoms with Crippen molar-refractivity contribution in [2.75, 3.05) is 20.1 Å². The Balaban J connectivity index is 0.00000208. The molecule has 0 bridgehead atoms. The first-order valence-electron chi connectivity index (χ1n) is 8.62. The van der Waals surface area contributed by atoms with Gasteiger partial charge in [-0.15, -0.1) is 24.0 Å². The van der Waals surface area contributed by atoms with E-state index < -0.39 is 0 Å². The van der Waals surface area contributed by atoms with E-state index in [0.717, 1.165) is 36.8 Å². The number of halogens is 1. The minimum Gasteiger partial charge on any atom is -0.356 e. The summed E-state index contributed by atoms with van der Waals surface area (Å²) in [4.78, 5) is 8.95. The summed E-state index contributed by atoms with van der Waals surface area (Å²) >= 11 is 0. The Kier molecular flexibility index (Phi) is 6.89. The van der Waals surface area contributed by atoms with Crippen LogP contribution in [-0.4, -0.2) is 35.5 Å². The zero-order chi connectivity index (χ0) is 16.1. The number of fused-ring (bicyclic) bond motifs is 1. The van der Waals surface area contributed by atoms with Crippen LogP contribution in [0.25, 0.3) is 5.65 Å². The van der Waals surface area contributed by atoms with Crippen molar-refractivity contribution in [3.63, 3.8) is 0 Å². The molecule has 3 rings (SSSR count). The van der Waals surface area contributed by atoms with Gasteiger partial charge in [0.15, 0.2) is 5.96 Å². The normalized spacial score (nSPS) is 16.3. The highest BCUT2D eigenvalue weighted by Crippen LogP contribution is 2.42. The highest BCUT2D eigenvalue weighted by atomic mass is 127. The van der Waals surface area contributed by atoms with E-state index in [9.17, 15) is 0 Å². The summed E-state index contributed by atoms with van der Waals surface area (Å²) in [5, 5.41) is 6.89. The molecule has 0 unspecified atom stereocenters. The van der Waals surface area contributed by atoms with Gasteiger partial charge in [0.05, 0.1) is 5.69 Å². The Morgan fingerprint density at radius 1 is 1.33 bits per heavy atom. The number of nitrogens with one attached hydrogen (secondary N) is 2. The molecule has 0 atom stereocenters. The molecular formula is C18H28IN5. The molecule has 1 saturated carbocycles. The van der Waals surface area contributed by atoms with E-state index in [2.05, 4.69) is 38.1 Å². The van der Waals surface area contributed by atoms with Gasteiger partial charge in [-0.1, -0.05) is 19.4 Å².